The number of rotatable bonds is 4. The van der Waals surface area contributed by atoms with Gasteiger partial charge in [0, 0.05) is 20.1 Å². The minimum Gasteiger partial charge on any atom is -0.356 e. The summed E-state index contributed by atoms with van der Waals surface area (Å²) < 4.78 is 0. The van der Waals surface area contributed by atoms with Crippen molar-refractivity contribution in [3.63, 3.8) is 0 Å². The Morgan fingerprint density at radius 3 is 2.47 bits per heavy atom. The second-order valence-electron chi connectivity index (χ2n) is 4.75. The number of nitrogens with zero attached hydrogens (tertiary/aromatic N) is 1. The van der Waals surface area contributed by atoms with Crippen LogP contribution in [0.5, 0.6) is 0 Å². The van der Waals surface area contributed by atoms with Crippen LogP contribution in [0.25, 0.3) is 0 Å². The van der Waals surface area contributed by atoms with Crippen molar-refractivity contribution in [2.75, 3.05) is 20.1 Å². The standard InChI is InChI=1S/C13H25N3.HI/c1-4-9-15-13(14-3)16-10-12-7-5-11(2)6-8-12;/h4,11-12H,1,5-10H2,2-3H3,(H2,14,15,16);1H. The molecule has 2 N–H and O–H groups in total. The van der Waals surface area contributed by atoms with Gasteiger partial charge in [0.1, 0.15) is 0 Å². The zero-order valence-corrected chi connectivity index (χ0v) is 13.4. The fourth-order valence-electron chi connectivity index (χ4n) is 2.16. The van der Waals surface area contributed by atoms with Crippen LogP contribution in [-0.2, 0) is 0 Å². The van der Waals surface area contributed by atoms with Gasteiger partial charge in [-0.15, -0.1) is 30.6 Å². The largest absolute Gasteiger partial charge is 0.356 e. The first-order valence-electron chi connectivity index (χ1n) is 6.31. The van der Waals surface area contributed by atoms with Gasteiger partial charge in [-0.2, -0.15) is 0 Å². The van der Waals surface area contributed by atoms with Crippen LogP contribution in [-0.4, -0.2) is 26.1 Å². The van der Waals surface area contributed by atoms with Crippen molar-refractivity contribution >= 4 is 29.9 Å². The summed E-state index contributed by atoms with van der Waals surface area (Å²) in [6.07, 6.45) is 7.31. The summed E-state index contributed by atoms with van der Waals surface area (Å²) in [5.74, 6) is 2.63. The van der Waals surface area contributed by atoms with Crippen LogP contribution < -0.4 is 10.6 Å². The molecule has 100 valence electrons. The van der Waals surface area contributed by atoms with E-state index in [0.717, 1.165) is 30.9 Å². The number of aliphatic imine (C=N–C) groups is 1. The van der Waals surface area contributed by atoms with Crippen molar-refractivity contribution in [2.45, 2.75) is 32.6 Å². The predicted molar refractivity (Wildman–Crippen MR) is 86.1 cm³/mol. The number of hydrogen-bond donors (Lipinski definition) is 2. The molecule has 0 aromatic rings. The van der Waals surface area contributed by atoms with Gasteiger partial charge >= 0.3 is 0 Å². The molecule has 3 nitrogen and oxygen atoms in total. The second kappa shape index (κ2) is 9.74. The molecular formula is C13H26IN3. The monoisotopic (exact) mass is 351 g/mol. The lowest BCUT2D eigenvalue weighted by atomic mass is 9.83. The van der Waals surface area contributed by atoms with Gasteiger partial charge in [-0.1, -0.05) is 25.8 Å². The van der Waals surface area contributed by atoms with Crippen LogP contribution >= 0.6 is 24.0 Å². The Balaban J connectivity index is 0.00000256. The summed E-state index contributed by atoms with van der Waals surface area (Å²) in [6, 6.07) is 0. The van der Waals surface area contributed by atoms with Crippen molar-refractivity contribution in [3.05, 3.63) is 12.7 Å². The normalized spacial score (nSPS) is 24.7. The van der Waals surface area contributed by atoms with E-state index in [0.29, 0.717) is 0 Å². The predicted octanol–water partition coefficient (Wildman–Crippen LogP) is 2.78. The van der Waals surface area contributed by atoms with Crippen molar-refractivity contribution in [1.29, 1.82) is 0 Å². The molecule has 1 aliphatic rings. The molecule has 0 unspecified atom stereocenters. The lowest BCUT2D eigenvalue weighted by Crippen LogP contribution is -2.40. The summed E-state index contributed by atoms with van der Waals surface area (Å²) in [5, 5.41) is 6.57. The Kier molecular flexibility index (Phi) is 9.59. The van der Waals surface area contributed by atoms with E-state index in [2.05, 4.69) is 29.1 Å². The summed E-state index contributed by atoms with van der Waals surface area (Å²) in [4.78, 5) is 4.17. The van der Waals surface area contributed by atoms with Gasteiger partial charge in [-0.05, 0) is 24.7 Å². The molecule has 0 radical (unpaired) electrons. The minimum absolute atomic E-state index is 0. The summed E-state index contributed by atoms with van der Waals surface area (Å²) >= 11 is 0. The van der Waals surface area contributed by atoms with E-state index < -0.39 is 0 Å². The second-order valence-corrected chi connectivity index (χ2v) is 4.75. The van der Waals surface area contributed by atoms with Gasteiger partial charge in [0.25, 0.3) is 0 Å². The van der Waals surface area contributed by atoms with E-state index >= 15 is 0 Å². The van der Waals surface area contributed by atoms with Gasteiger partial charge < -0.3 is 10.6 Å². The van der Waals surface area contributed by atoms with Gasteiger partial charge in [0.05, 0.1) is 0 Å². The molecule has 1 rings (SSSR count). The average molecular weight is 351 g/mol. The Morgan fingerprint density at radius 2 is 1.94 bits per heavy atom. The van der Waals surface area contributed by atoms with E-state index in [4.69, 9.17) is 0 Å². The van der Waals surface area contributed by atoms with Gasteiger partial charge in [0.2, 0.25) is 0 Å². The third kappa shape index (κ3) is 6.91. The Hall–Kier alpha value is -0.260. The quantitative estimate of drug-likeness (QED) is 0.354. The fraction of sp³-hybridized carbons (Fsp3) is 0.769. The van der Waals surface area contributed by atoms with Crippen LogP contribution in [0.15, 0.2) is 17.6 Å². The summed E-state index contributed by atoms with van der Waals surface area (Å²) in [6.45, 7) is 7.85. The summed E-state index contributed by atoms with van der Waals surface area (Å²) in [5.41, 5.74) is 0. The number of nitrogens with one attached hydrogen (secondary N) is 2. The first-order valence-corrected chi connectivity index (χ1v) is 6.31. The first-order chi connectivity index (χ1) is 7.76. The van der Waals surface area contributed by atoms with Crippen LogP contribution in [0.4, 0.5) is 0 Å². The lowest BCUT2D eigenvalue weighted by Gasteiger charge is -2.26. The Bertz CT molecular complexity index is 233. The maximum absolute atomic E-state index is 4.17. The average Bonchev–Trinajstić information content (AvgIpc) is 2.32. The van der Waals surface area contributed by atoms with Gasteiger partial charge in [0.15, 0.2) is 5.96 Å². The molecule has 0 bridgehead atoms. The molecule has 0 saturated heterocycles. The zero-order valence-electron chi connectivity index (χ0n) is 11.0. The molecule has 4 heteroatoms. The first kappa shape index (κ1) is 16.7. The third-order valence-electron chi connectivity index (χ3n) is 3.33. The number of guanidine groups is 1. The number of hydrogen-bond acceptors (Lipinski definition) is 1. The van der Waals surface area contributed by atoms with Crippen LogP contribution in [0.1, 0.15) is 32.6 Å². The highest BCUT2D eigenvalue weighted by atomic mass is 127. The molecule has 0 amide bonds. The summed E-state index contributed by atoms with van der Waals surface area (Å²) in [7, 11) is 1.81. The highest BCUT2D eigenvalue weighted by Gasteiger charge is 2.17. The maximum atomic E-state index is 4.17. The Labute approximate surface area is 123 Å². The fourth-order valence-corrected chi connectivity index (χ4v) is 2.16. The molecule has 0 aromatic heterocycles. The zero-order chi connectivity index (χ0) is 11.8. The highest BCUT2D eigenvalue weighted by Crippen LogP contribution is 2.27. The molecule has 1 fully saturated rings. The molecule has 0 spiro atoms. The van der Waals surface area contributed by atoms with E-state index in [1.807, 2.05) is 6.08 Å². The maximum Gasteiger partial charge on any atom is 0.191 e. The highest BCUT2D eigenvalue weighted by molar-refractivity contribution is 14.0. The van der Waals surface area contributed by atoms with Gasteiger partial charge in [-0.25, -0.2) is 0 Å². The Morgan fingerprint density at radius 1 is 1.29 bits per heavy atom. The van der Waals surface area contributed by atoms with Crippen molar-refractivity contribution in [3.8, 4) is 0 Å². The minimum atomic E-state index is 0. The van der Waals surface area contributed by atoms with Crippen molar-refractivity contribution < 1.29 is 0 Å². The van der Waals surface area contributed by atoms with E-state index in [1.54, 1.807) is 7.05 Å². The van der Waals surface area contributed by atoms with Crippen LogP contribution in [0.2, 0.25) is 0 Å². The molecule has 17 heavy (non-hydrogen) atoms. The van der Waals surface area contributed by atoms with E-state index in [1.165, 1.54) is 25.7 Å². The number of halogens is 1. The molecule has 0 heterocycles. The molecule has 1 aliphatic carbocycles. The topological polar surface area (TPSA) is 36.4 Å². The molecular weight excluding hydrogens is 325 g/mol. The molecule has 1 saturated carbocycles. The van der Waals surface area contributed by atoms with Crippen LogP contribution in [0, 0.1) is 11.8 Å². The van der Waals surface area contributed by atoms with E-state index in [-0.39, 0.29) is 24.0 Å². The smallest absolute Gasteiger partial charge is 0.191 e. The van der Waals surface area contributed by atoms with Crippen molar-refractivity contribution in [2.24, 2.45) is 16.8 Å². The van der Waals surface area contributed by atoms with E-state index in [9.17, 15) is 0 Å². The molecule has 0 atom stereocenters. The SMILES string of the molecule is C=CCNC(=NC)NCC1CCC(C)CC1.I. The van der Waals surface area contributed by atoms with Gasteiger partial charge in [-0.3, -0.25) is 4.99 Å². The van der Waals surface area contributed by atoms with Crippen LogP contribution in [0.3, 0.4) is 0 Å². The third-order valence-corrected chi connectivity index (χ3v) is 3.33. The van der Waals surface area contributed by atoms with Crippen molar-refractivity contribution in [1.82, 2.24) is 10.6 Å². The lowest BCUT2D eigenvalue weighted by molar-refractivity contribution is 0.289. The molecule has 0 aromatic carbocycles. The molecule has 0 aliphatic heterocycles.